The van der Waals surface area contributed by atoms with Crippen LogP contribution in [0.15, 0.2) is 56.4 Å². The normalized spacial score (nSPS) is 11.2. The molecule has 0 fully saturated rings. The summed E-state index contributed by atoms with van der Waals surface area (Å²) in [5, 5.41) is 6.42. The zero-order chi connectivity index (χ0) is 22.6. The lowest BCUT2D eigenvalue weighted by atomic mass is 10.1. The Hall–Kier alpha value is -2.85. The van der Waals surface area contributed by atoms with Crippen LogP contribution in [0.5, 0.6) is 5.75 Å². The van der Waals surface area contributed by atoms with Crippen LogP contribution < -0.4 is 14.8 Å². The number of carbonyl (C=O) groups is 1. The Balaban J connectivity index is 1.61. The van der Waals surface area contributed by atoms with Gasteiger partial charge in [-0.25, -0.2) is 13.1 Å². The summed E-state index contributed by atoms with van der Waals surface area (Å²) in [4.78, 5) is 12.2. The highest BCUT2D eigenvalue weighted by Crippen LogP contribution is 2.24. The van der Waals surface area contributed by atoms with Crippen molar-refractivity contribution in [1.29, 1.82) is 0 Å². The van der Waals surface area contributed by atoms with Gasteiger partial charge in [0.1, 0.15) is 5.75 Å². The number of aromatic nitrogens is 1. The highest BCUT2D eigenvalue weighted by molar-refractivity contribution is 9.10. The third-order valence-corrected chi connectivity index (χ3v) is 6.43. The van der Waals surface area contributed by atoms with Gasteiger partial charge in [-0.05, 0) is 68.3 Å². The van der Waals surface area contributed by atoms with Crippen molar-refractivity contribution in [2.45, 2.75) is 32.1 Å². The molecule has 0 atom stereocenters. The van der Waals surface area contributed by atoms with E-state index >= 15 is 0 Å². The van der Waals surface area contributed by atoms with Gasteiger partial charge in [0.05, 0.1) is 10.6 Å². The molecule has 0 spiro atoms. The third kappa shape index (κ3) is 5.65. The molecule has 164 valence electrons. The molecule has 0 aliphatic heterocycles. The summed E-state index contributed by atoms with van der Waals surface area (Å²) < 4.78 is 39.0. The Bertz CT molecular complexity index is 1190. The minimum Gasteiger partial charge on any atom is -0.483 e. The van der Waals surface area contributed by atoms with Crippen molar-refractivity contribution in [3.05, 3.63) is 63.8 Å². The molecule has 1 aromatic heterocycles. The van der Waals surface area contributed by atoms with Crippen molar-refractivity contribution in [2.75, 3.05) is 16.6 Å². The first-order valence-electron chi connectivity index (χ1n) is 9.46. The van der Waals surface area contributed by atoms with E-state index < -0.39 is 10.0 Å². The van der Waals surface area contributed by atoms with Crippen LogP contribution >= 0.6 is 15.9 Å². The van der Waals surface area contributed by atoms with E-state index in [-0.39, 0.29) is 23.3 Å². The van der Waals surface area contributed by atoms with Crippen LogP contribution in [0.1, 0.15) is 23.7 Å². The van der Waals surface area contributed by atoms with E-state index in [4.69, 9.17) is 9.26 Å². The summed E-state index contributed by atoms with van der Waals surface area (Å²) >= 11 is 3.41. The first-order chi connectivity index (χ1) is 14.7. The van der Waals surface area contributed by atoms with Crippen LogP contribution in [-0.4, -0.2) is 26.1 Å². The number of nitrogens with zero attached hydrogens (tertiary/aromatic N) is 1. The Kier molecular flexibility index (Phi) is 7.01. The summed E-state index contributed by atoms with van der Waals surface area (Å²) in [6, 6.07) is 11.4. The van der Waals surface area contributed by atoms with Crippen molar-refractivity contribution in [3.8, 4) is 5.75 Å². The standard InChI is InChI=1S/C21H22BrN3O5S/c1-4-15-11-16(22)5-10-19(15)29-12-20(26)23-17-6-8-18(9-7-17)31(27,28)25-21-13(2)14(3)24-30-21/h5-11,25H,4,12H2,1-3H3,(H,23,26). The molecule has 0 bridgehead atoms. The molecular weight excluding hydrogens is 486 g/mol. The highest BCUT2D eigenvalue weighted by Gasteiger charge is 2.19. The molecule has 0 aliphatic rings. The summed E-state index contributed by atoms with van der Waals surface area (Å²) in [6.07, 6.45) is 0.771. The number of rotatable bonds is 8. The minimum atomic E-state index is -3.85. The Labute approximate surface area is 189 Å². The van der Waals surface area contributed by atoms with Crippen LogP contribution in [0.4, 0.5) is 11.6 Å². The van der Waals surface area contributed by atoms with Crippen LogP contribution in [0.2, 0.25) is 0 Å². The molecule has 0 aliphatic carbocycles. The van der Waals surface area contributed by atoms with Crippen molar-refractivity contribution >= 4 is 43.4 Å². The average Bonchev–Trinajstić information content (AvgIpc) is 3.04. The summed E-state index contributed by atoms with van der Waals surface area (Å²) in [6.45, 7) is 5.27. The first kappa shape index (κ1) is 22.8. The number of halogens is 1. The first-order valence-corrected chi connectivity index (χ1v) is 11.7. The zero-order valence-corrected chi connectivity index (χ0v) is 19.6. The Morgan fingerprint density at radius 2 is 1.87 bits per heavy atom. The second-order valence-corrected chi connectivity index (χ2v) is 9.39. The lowest BCUT2D eigenvalue weighted by Crippen LogP contribution is -2.20. The topological polar surface area (TPSA) is 111 Å². The molecule has 2 aromatic carbocycles. The second-order valence-electron chi connectivity index (χ2n) is 6.79. The summed E-state index contributed by atoms with van der Waals surface area (Å²) in [5.41, 5.74) is 2.66. The summed E-state index contributed by atoms with van der Waals surface area (Å²) in [5.74, 6) is 0.365. The number of hydrogen-bond donors (Lipinski definition) is 2. The lowest BCUT2D eigenvalue weighted by Gasteiger charge is -2.11. The minimum absolute atomic E-state index is 0.0256. The molecule has 1 amide bonds. The van der Waals surface area contributed by atoms with Crippen molar-refractivity contribution in [2.24, 2.45) is 0 Å². The van der Waals surface area contributed by atoms with E-state index in [0.717, 1.165) is 16.5 Å². The quantitative estimate of drug-likeness (QED) is 0.466. The predicted octanol–water partition coefficient (Wildman–Crippen LogP) is 4.43. The number of hydrogen-bond acceptors (Lipinski definition) is 6. The van der Waals surface area contributed by atoms with E-state index in [2.05, 4.69) is 31.1 Å². The maximum absolute atomic E-state index is 12.5. The number of amides is 1. The Morgan fingerprint density at radius 1 is 1.16 bits per heavy atom. The van der Waals surface area contributed by atoms with E-state index in [1.165, 1.54) is 24.3 Å². The Morgan fingerprint density at radius 3 is 2.48 bits per heavy atom. The zero-order valence-electron chi connectivity index (χ0n) is 17.2. The van der Waals surface area contributed by atoms with Gasteiger partial charge in [0.15, 0.2) is 6.61 Å². The molecule has 1 heterocycles. The molecule has 10 heteroatoms. The molecule has 8 nitrogen and oxygen atoms in total. The monoisotopic (exact) mass is 507 g/mol. The van der Waals surface area contributed by atoms with E-state index in [9.17, 15) is 13.2 Å². The maximum atomic E-state index is 12.5. The number of sulfonamides is 1. The lowest BCUT2D eigenvalue weighted by molar-refractivity contribution is -0.118. The number of aryl methyl sites for hydroxylation is 2. The number of ether oxygens (including phenoxy) is 1. The van der Waals surface area contributed by atoms with Gasteiger partial charge in [-0.3, -0.25) is 4.79 Å². The van der Waals surface area contributed by atoms with Crippen molar-refractivity contribution in [3.63, 3.8) is 0 Å². The fourth-order valence-electron chi connectivity index (χ4n) is 2.71. The third-order valence-electron chi connectivity index (χ3n) is 4.59. The predicted molar refractivity (Wildman–Crippen MR) is 121 cm³/mol. The number of anilines is 2. The van der Waals surface area contributed by atoms with Gasteiger partial charge in [0, 0.05) is 15.7 Å². The molecule has 3 aromatic rings. The molecule has 2 N–H and O–H groups in total. The fourth-order valence-corrected chi connectivity index (χ4v) is 4.17. The molecule has 0 radical (unpaired) electrons. The molecule has 0 saturated heterocycles. The van der Waals surface area contributed by atoms with E-state index in [1.807, 2.05) is 19.1 Å². The second kappa shape index (κ2) is 9.52. The number of benzene rings is 2. The average molecular weight is 508 g/mol. The van der Waals surface area contributed by atoms with Crippen LogP contribution in [0.25, 0.3) is 0 Å². The van der Waals surface area contributed by atoms with Crippen LogP contribution in [-0.2, 0) is 21.2 Å². The number of nitrogens with one attached hydrogen (secondary N) is 2. The van der Waals surface area contributed by atoms with Gasteiger partial charge in [-0.1, -0.05) is 28.0 Å². The molecule has 0 saturated carbocycles. The van der Waals surface area contributed by atoms with Crippen LogP contribution in [0, 0.1) is 13.8 Å². The van der Waals surface area contributed by atoms with E-state index in [0.29, 0.717) is 22.7 Å². The summed E-state index contributed by atoms with van der Waals surface area (Å²) in [7, 11) is -3.85. The van der Waals surface area contributed by atoms with Gasteiger partial charge in [-0.2, -0.15) is 0 Å². The fraction of sp³-hybridized carbons (Fsp3) is 0.238. The van der Waals surface area contributed by atoms with E-state index in [1.54, 1.807) is 19.9 Å². The number of carbonyl (C=O) groups excluding carboxylic acids is 1. The largest absolute Gasteiger partial charge is 0.483 e. The van der Waals surface area contributed by atoms with Gasteiger partial charge < -0.3 is 14.6 Å². The van der Waals surface area contributed by atoms with Crippen LogP contribution in [0.3, 0.4) is 0 Å². The molecular formula is C21H22BrN3O5S. The highest BCUT2D eigenvalue weighted by atomic mass is 79.9. The molecule has 31 heavy (non-hydrogen) atoms. The van der Waals surface area contributed by atoms with Gasteiger partial charge >= 0.3 is 0 Å². The van der Waals surface area contributed by atoms with Gasteiger partial charge in [-0.15, -0.1) is 0 Å². The SMILES string of the molecule is CCc1cc(Br)ccc1OCC(=O)Nc1ccc(S(=O)(=O)Nc2onc(C)c2C)cc1. The molecule has 3 rings (SSSR count). The van der Waals surface area contributed by atoms with Gasteiger partial charge in [0.2, 0.25) is 5.88 Å². The van der Waals surface area contributed by atoms with Crippen molar-refractivity contribution < 1.29 is 22.5 Å². The molecule has 0 unspecified atom stereocenters. The smallest absolute Gasteiger partial charge is 0.264 e. The maximum Gasteiger partial charge on any atom is 0.264 e. The van der Waals surface area contributed by atoms with Crippen molar-refractivity contribution in [1.82, 2.24) is 5.16 Å². The van der Waals surface area contributed by atoms with Gasteiger partial charge in [0.25, 0.3) is 15.9 Å².